The van der Waals surface area contributed by atoms with E-state index in [-0.39, 0.29) is 17.3 Å². The van der Waals surface area contributed by atoms with Gasteiger partial charge in [-0.25, -0.2) is 8.42 Å². The summed E-state index contributed by atoms with van der Waals surface area (Å²) in [4.78, 5) is 13.5. The molecule has 0 spiro atoms. The molecule has 0 aliphatic carbocycles. The van der Waals surface area contributed by atoms with Gasteiger partial charge in [-0.2, -0.15) is 4.31 Å². The highest BCUT2D eigenvalue weighted by Crippen LogP contribution is 2.25. The van der Waals surface area contributed by atoms with Crippen LogP contribution in [0.2, 0.25) is 0 Å². The Balaban J connectivity index is 2.20. The van der Waals surface area contributed by atoms with Crippen LogP contribution in [-0.2, 0) is 14.8 Å². The average Bonchev–Trinajstić information content (AvgIpc) is 2.54. The molecule has 6 nitrogen and oxygen atoms in total. The lowest BCUT2D eigenvalue weighted by molar-refractivity contribution is -0.126. The van der Waals surface area contributed by atoms with Crippen molar-refractivity contribution in [1.29, 1.82) is 0 Å². The van der Waals surface area contributed by atoms with E-state index in [2.05, 4.69) is 5.32 Å². The number of anilines is 1. The second-order valence-corrected chi connectivity index (χ2v) is 8.02. The van der Waals surface area contributed by atoms with Gasteiger partial charge in [0, 0.05) is 32.9 Å². The minimum absolute atomic E-state index is 0.0614. The summed E-state index contributed by atoms with van der Waals surface area (Å²) in [5, 5.41) is 3.04. The van der Waals surface area contributed by atoms with E-state index in [9.17, 15) is 13.2 Å². The number of nitrogens with one attached hydrogen (secondary N) is 1. The molecule has 1 aromatic carbocycles. The van der Waals surface area contributed by atoms with Crippen molar-refractivity contribution in [2.75, 3.05) is 39.0 Å². The Labute approximate surface area is 138 Å². The number of amides is 1. The lowest BCUT2D eigenvalue weighted by Crippen LogP contribution is -2.35. The Morgan fingerprint density at radius 1 is 1.22 bits per heavy atom. The molecular weight excluding hydrogens is 314 g/mol. The molecular formula is C16H25N3O3S. The van der Waals surface area contributed by atoms with Crippen molar-refractivity contribution in [3.05, 3.63) is 23.8 Å². The maximum absolute atomic E-state index is 12.7. The van der Waals surface area contributed by atoms with Crippen LogP contribution in [0, 0.1) is 6.92 Å². The second kappa shape index (κ2) is 7.31. The van der Waals surface area contributed by atoms with E-state index in [1.54, 1.807) is 36.6 Å². The van der Waals surface area contributed by atoms with Crippen molar-refractivity contribution >= 4 is 21.6 Å². The van der Waals surface area contributed by atoms with Crippen molar-refractivity contribution < 1.29 is 13.2 Å². The summed E-state index contributed by atoms with van der Waals surface area (Å²) in [6.07, 6.45) is 2.90. The monoisotopic (exact) mass is 339 g/mol. The Kier molecular flexibility index (Phi) is 5.64. The zero-order valence-corrected chi connectivity index (χ0v) is 14.8. The first-order chi connectivity index (χ1) is 10.8. The Morgan fingerprint density at radius 2 is 1.87 bits per heavy atom. The van der Waals surface area contributed by atoms with E-state index in [1.165, 1.54) is 4.90 Å². The fourth-order valence-corrected chi connectivity index (χ4v) is 4.08. The number of hydrogen-bond acceptors (Lipinski definition) is 4. The molecule has 0 aromatic heterocycles. The highest BCUT2D eigenvalue weighted by atomic mass is 32.2. The van der Waals surface area contributed by atoms with Crippen LogP contribution in [0.3, 0.4) is 0 Å². The van der Waals surface area contributed by atoms with E-state index >= 15 is 0 Å². The van der Waals surface area contributed by atoms with Gasteiger partial charge in [0.25, 0.3) is 0 Å². The van der Waals surface area contributed by atoms with E-state index in [0.29, 0.717) is 18.8 Å². The molecule has 23 heavy (non-hydrogen) atoms. The highest BCUT2D eigenvalue weighted by Gasteiger charge is 2.26. The molecule has 1 aliphatic heterocycles. The predicted molar refractivity (Wildman–Crippen MR) is 91.0 cm³/mol. The number of rotatable bonds is 5. The summed E-state index contributed by atoms with van der Waals surface area (Å²) in [5.41, 5.74) is 1.59. The van der Waals surface area contributed by atoms with E-state index in [0.717, 1.165) is 24.8 Å². The van der Waals surface area contributed by atoms with Crippen LogP contribution < -0.4 is 5.32 Å². The van der Waals surface area contributed by atoms with Crippen LogP contribution >= 0.6 is 0 Å². The lowest BCUT2D eigenvalue weighted by Gasteiger charge is -2.26. The van der Waals surface area contributed by atoms with Gasteiger partial charge >= 0.3 is 0 Å². The molecule has 1 amide bonds. The lowest BCUT2D eigenvalue weighted by atomic mass is 10.2. The Bertz CT molecular complexity index is 665. The van der Waals surface area contributed by atoms with Crippen molar-refractivity contribution in [2.24, 2.45) is 0 Å². The molecule has 1 fully saturated rings. The van der Waals surface area contributed by atoms with Crippen molar-refractivity contribution in [3.63, 3.8) is 0 Å². The maximum Gasteiger partial charge on any atom is 0.243 e. The number of carbonyl (C=O) groups excluding carboxylic acids is 1. The molecule has 0 saturated carbocycles. The minimum Gasteiger partial charge on any atom is -0.376 e. The third-order valence-electron chi connectivity index (χ3n) is 4.09. The van der Waals surface area contributed by atoms with Crippen molar-refractivity contribution in [3.8, 4) is 0 Å². The van der Waals surface area contributed by atoms with Crippen molar-refractivity contribution in [1.82, 2.24) is 9.21 Å². The van der Waals surface area contributed by atoms with Crippen LogP contribution in [0.1, 0.15) is 24.8 Å². The molecule has 0 unspecified atom stereocenters. The van der Waals surface area contributed by atoms with Gasteiger partial charge in [-0.15, -0.1) is 0 Å². The number of benzene rings is 1. The molecule has 7 heteroatoms. The topological polar surface area (TPSA) is 69.7 Å². The number of sulfonamides is 1. The molecule has 0 atom stereocenters. The van der Waals surface area contributed by atoms with Gasteiger partial charge in [0.15, 0.2) is 0 Å². The zero-order chi connectivity index (χ0) is 17.0. The van der Waals surface area contributed by atoms with Crippen LogP contribution in [0.25, 0.3) is 0 Å². The van der Waals surface area contributed by atoms with Crippen LogP contribution in [0.5, 0.6) is 0 Å². The molecule has 1 heterocycles. The first-order valence-corrected chi connectivity index (χ1v) is 9.31. The molecule has 1 aliphatic rings. The molecule has 1 aromatic rings. The summed E-state index contributed by atoms with van der Waals surface area (Å²) in [6, 6.07) is 5.04. The van der Waals surface area contributed by atoms with Gasteiger partial charge in [-0.05, 0) is 37.5 Å². The number of likely N-dealkylation sites (N-methyl/N-ethyl adjacent to an activating group) is 1. The predicted octanol–water partition coefficient (Wildman–Crippen LogP) is 1.67. The summed E-state index contributed by atoms with van der Waals surface area (Å²) >= 11 is 0. The molecule has 0 radical (unpaired) electrons. The SMILES string of the molecule is Cc1ccc(S(=O)(=O)N2CCCCC2)cc1NCC(=O)N(C)C. The second-order valence-electron chi connectivity index (χ2n) is 6.08. The average molecular weight is 339 g/mol. The largest absolute Gasteiger partial charge is 0.376 e. The zero-order valence-electron chi connectivity index (χ0n) is 14.0. The van der Waals surface area contributed by atoms with Crippen LogP contribution in [-0.4, -0.2) is 57.3 Å². The van der Waals surface area contributed by atoms with E-state index < -0.39 is 10.0 Å². The maximum atomic E-state index is 12.7. The molecule has 1 saturated heterocycles. The van der Waals surface area contributed by atoms with E-state index in [1.807, 2.05) is 6.92 Å². The van der Waals surface area contributed by atoms with Gasteiger partial charge in [0.1, 0.15) is 0 Å². The smallest absolute Gasteiger partial charge is 0.243 e. The number of aryl methyl sites for hydroxylation is 1. The summed E-state index contributed by atoms with van der Waals surface area (Å²) in [6.45, 7) is 3.19. The summed E-state index contributed by atoms with van der Waals surface area (Å²) < 4.78 is 27.0. The fourth-order valence-electron chi connectivity index (χ4n) is 2.54. The normalized spacial score (nSPS) is 16.1. The highest BCUT2D eigenvalue weighted by molar-refractivity contribution is 7.89. The van der Waals surface area contributed by atoms with Gasteiger partial charge in [0.2, 0.25) is 15.9 Å². The molecule has 2 rings (SSSR count). The number of piperidine rings is 1. The third kappa shape index (κ3) is 4.23. The first-order valence-electron chi connectivity index (χ1n) is 7.87. The third-order valence-corrected chi connectivity index (χ3v) is 5.99. The van der Waals surface area contributed by atoms with Crippen molar-refractivity contribution in [2.45, 2.75) is 31.1 Å². The Hall–Kier alpha value is -1.60. The standard InChI is InChI=1S/C16H25N3O3S/c1-13-7-8-14(11-15(13)17-12-16(20)18(2)3)23(21,22)19-9-5-4-6-10-19/h7-8,11,17H,4-6,9-10,12H2,1-3H3. The number of carbonyl (C=O) groups is 1. The van der Waals surface area contributed by atoms with Gasteiger partial charge < -0.3 is 10.2 Å². The quantitative estimate of drug-likeness (QED) is 0.886. The minimum atomic E-state index is -3.46. The molecule has 128 valence electrons. The van der Waals surface area contributed by atoms with Crippen LogP contribution in [0.15, 0.2) is 23.1 Å². The number of hydrogen-bond donors (Lipinski definition) is 1. The molecule has 1 N–H and O–H groups in total. The van der Waals surface area contributed by atoms with Gasteiger partial charge in [-0.3, -0.25) is 4.79 Å². The first kappa shape index (κ1) is 17.7. The molecule has 0 bridgehead atoms. The van der Waals surface area contributed by atoms with Crippen LogP contribution in [0.4, 0.5) is 5.69 Å². The summed E-state index contributed by atoms with van der Waals surface area (Å²) in [5.74, 6) is -0.0614. The Morgan fingerprint density at radius 3 is 2.48 bits per heavy atom. The van der Waals surface area contributed by atoms with E-state index in [4.69, 9.17) is 0 Å². The summed E-state index contributed by atoms with van der Waals surface area (Å²) in [7, 11) is -0.0810. The number of nitrogens with zero attached hydrogens (tertiary/aromatic N) is 2. The van der Waals surface area contributed by atoms with Gasteiger partial charge in [0.05, 0.1) is 11.4 Å². The van der Waals surface area contributed by atoms with Gasteiger partial charge in [-0.1, -0.05) is 12.5 Å². The fraction of sp³-hybridized carbons (Fsp3) is 0.562.